The molecule has 1 atom stereocenters. The van der Waals surface area contributed by atoms with E-state index in [-0.39, 0.29) is 12.1 Å². The smallest absolute Gasteiger partial charge is 0.224 e. The Morgan fingerprint density at radius 3 is 3.28 bits per heavy atom. The van der Waals surface area contributed by atoms with Crippen LogP contribution in [-0.2, 0) is 4.74 Å². The average molecular weight is 248 g/mol. The number of nitrogen functional groups attached to an aromatic ring is 1. The van der Waals surface area contributed by atoms with Gasteiger partial charge in [-0.2, -0.15) is 15.1 Å². The van der Waals surface area contributed by atoms with Gasteiger partial charge in [0.25, 0.3) is 0 Å². The van der Waals surface area contributed by atoms with Crippen LogP contribution in [0.5, 0.6) is 0 Å². The molecule has 1 unspecified atom stereocenters. The first-order valence-electron chi connectivity index (χ1n) is 6.11. The van der Waals surface area contributed by atoms with E-state index in [1.54, 1.807) is 6.20 Å². The van der Waals surface area contributed by atoms with E-state index in [4.69, 9.17) is 10.5 Å². The highest BCUT2D eigenvalue weighted by Gasteiger charge is 2.22. The molecule has 0 spiro atoms. The van der Waals surface area contributed by atoms with Crippen LogP contribution in [0.1, 0.15) is 13.3 Å². The van der Waals surface area contributed by atoms with E-state index in [1.165, 1.54) is 0 Å². The number of aromatic amines is 1. The zero-order valence-corrected chi connectivity index (χ0v) is 10.3. The Bertz CT molecular complexity index is 553. The minimum Gasteiger partial charge on any atom is -0.375 e. The van der Waals surface area contributed by atoms with E-state index in [0.717, 1.165) is 30.7 Å². The summed E-state index contributed by atoms with van der Waals surface area (Å²) in [7, 11) is 0. The van der Waals surface area contributed by atoms with Gasteiger partial charge >= 0.3 is 0 Å². The van der Waals surface area contributed by atoms with E-state index in [9.17, 15) is 0 Å². The van der Waals surface area contributed by atoms with E-state index < -0.39 is 0 Å². The van der Waals surface area contributed by atoms with Crippen LogP contribution in [0.25, 0.3) is 11.0 Å². The van der Waals surface area contributed by atoms with Gasteiger partial charge in [0.15, 0.2) is 5.65 Å². The minimum absolute atomic E-state index is 0.247. The second-order valence-corrected chi connectivity index (χ2v) is 4.38. The predicted octanol–water partition coefficient (Wildman–Crippen LogP) is 0.550. The normalized spacial score (nSPS) is 20.5. The van der Waals surface area contributed by atoms with Gasteiger partial charge in [0.05, 0.1) is 24.3 Å². The SMILES string of the molecule is CCC1CN(c2nc(N)nc3[nH]ncc23)CCO1. The van der Waals surface area contributed by atoms with Crippen molar-refractivity contribution < 1.29 is 4.74 Å². The first kappa shape index (κ1) is 11.2. The van der Waals surface area contributed by atoms with Crippen molar-refractivity contribution in [3.63, 3.8) is 0 Å². The fourth-order valence-corrected chi connectivity index (χ4v) is 2.24. The molecule has 1 aliphatic rings. The van der Waals surface area contributed by atoms with Gasteiger partial charge in [-0.05, 0) is 6.42 Å². The number of ether oxygens (including phenoxy) is 1. The van der Waals surface area contributed by atoms with Crippen LogP contribution in [0.4, 0.5) is 11.8 Å². The second-order valence-electron chi connectivity index (χ2n) is 4.38. The lowest BCUT2D eigenvalue weighted by atomic mass is 10.2. The molecule has 0 aromatic carbocycles. The summed E-state index contributed by atoms with van der Waals surface area (Å²) in [5, 5.41) is 7.73. The van der Waals surface area contributed by atoms with Crippen molar-refractivity contribution in [1.82, 2.24) is 20.2 Å². The van der Waals surface area contributed by atoms with Crippen LogP contribution < -0.4 is 10.6 Å². The zero-order valence-electron chi connectivity index (χ0n) is 10.3. The summed E-state index contributed by atoms with van der Waals surface area (Å²) in [6, 6.07) is 0. The largest absolute Gasteiger partial charge is 0.375 e. The number of nitrogens with zero attached hydrogens (tertiary/aromatic N) is 4. The Morgan fingerprint density at radius 2 is 2.44 bits per heavy atom. The number of rotatable bonds is 2. The number of fused-ring (bicyclic) bond motifs is 1. The van der Waals surface area contributed by atoms with Gasteiger partial charge in [-0.15, -0.1) is 0 Å². The third-order valence-electron chi connectivity index (χ3n) is 3.20. The molecule has 96 valence electrons. The molecule has 3 N–H and O–H groups in total. The lowest BCUT2D eigenvalue weighted by Crippen LogP contribution is -2.42. The molecule has 7 heteroatoms. The lowest BCUT2D eigenvalue weighted by molar-refractivity contribution is 0.0383. The molecular weight excluding hydrogens is 232 g/mol. The molecule has 2 aromatic heterocycles. The predicted molar refractivity (Wildman–Crippen MR) is 68.3 cm³/mol. The quantitative estimate of drug-likeness (QED) is 0.806. The van der Waals surface area contributed by atoms with Gasteiger partial charge in [-0.1, -0.05) is 6.92 Å². The Balaban J connectivity index is 2.00. The summed E-state index contributed by atoms with van der Waals surface area (Å²) in [5.41, 5.74) is 6.41. The van der Waals surface area contributed by atoms with Crippen molar-refractivity contribution in [2.45, 2.75) is 19.4 Å². The van der Waals surface area contributed by atoms with Gasteiger partial charge in [-0.3, -0.25) is 5.10 Å². The molecule has 1 aliphatic heterocycles. The van der Waals surface area contributed by atoms with Crippen LogP contribution >= 0.6 is 0 Å². The monoisotopic (exact) mass is 248 g/mol. The highest BCUT2D eigenvalue weighted by Crippen LogP contribution is 2.25. The Hall–Kier alpha value is -1.89. The molecule has 2 aromatic rings. The first-order valence-corrected chi connectivity index (χ1v) is 6.11. The van der Waals surface area contributed by atoms with Crippen LogP contribution in [0.15, 0.2) is 6.20 Å². The highest BCUT2D eigenvalue weighted by atomic mass is 16.5. The van der Waals surface area contributed by atoms with Crippen molar-refractivity contribution in [3.8, 4) is 0 Å². The molecule has 0 bridgehead atoms. The Labute approximate surface area is 104 Å². The number of aromatic nitrogens is 4. The molecule has 0 aliphatic carbocycles. The number of nitrogens with two attached hydrogens (primary N) is 1. The standard InChI is InChI=1S/C11H16N6O/c1-2-7-6-17(3-4-18-7)10-8-5-13-16-9(8)14-11(12)15-10/h5,7H,2-4,6H2,1H3,(H3,12,13,14,15,16). The third-order valence-corrected chi connectivity index (χ3v) is 3.20. The summed E-state index contributed by atoms with van der Waals surface area (Å²) in [5.74, 6) is 1.11. The molecule has 0 amide bonds. The van der Waals surface area contributed by atoms with Gasteiger partial charge in [0.1, 0.15) is 5.82 Å². The Kier molecular flexibility index (Phi) is 2.75. The maximum atomic E-state index is 5.73. The molecule has 18 heavy (non-hydrogen) atoms. The molecular formula is C11H16N6O. The number of nitrogens with one attached hydrogen (secondary N) is 1. The van der Waals surface area contributed by atoms with Crippen LogP contribution in [0.2, 0.25) is 0 Å². The lowest BCUT2D eigenvalue weighted by Gasteiger charge is -2.33. The van der Waals surface area contributed by atoms with Crippen LogP contribution in [-0.4, -0.2) is 46.0 Å². The third kappa shape index (κ3) is 1.86. The van der Waals surface area contributed by atoms with E-state index in [0.29, 0.717) is 12.3 Å². The molecule has 3 heterocycles. The van der Waals surface area contributed by atoms with Crippen molar-refractivity contribution in [2.75, 3.05) is 30.3 Å². The van der Waals surface area contributed by atoms with Gasteiger partial charge < -0.3 is 15.4 Å². The van der Waals surface area contributed by atoms with Crippen molar-refractivity contribution in [1.29, 1.82) is 0 Å². The van der Waals surface area contributed by atoms with Crippen LogP contribution in [0.3, 0.4) is 0 Å². The van der Waals surface area contributed by atoms with Crippen molar-refractivity contribution >= 4 is 22.8 Å². The summed E-state index contributed by atoms with van der Waals surface area (Å²) in [6.45, 7) is 4.47. The molecule has 0 radical (unpaired) electrons. The number of hydrogen-bond donors (Lipinski definition) is 2. The number of morpholine rings is 1. The summed E-state index contributed by atoms with van der Waals surface area (Å²) in [4.78, 5) is 10.7. The van der Waals surface area contributed by atoms with E-state index >= 15 is 0 Å². The maximum absolute atomic E-state index is 5.73. The van der Waals surface area contributed by atoms with Crippen molar-refractivity contribution in [3.05, 3.63) is 6.20 Å². The van der Waals surface area contributed by atoms with E-state index in [1.807, 2.05) is 0 Å². The first-order chi connectivity index (χ1) is 8.78. The Morgan fingerprint density at radius 1 is 1.56 bits per heavy atom. The van der Waals surface area contributed by atoms with Gasteiger partial charge in [0, 0.05) is 13.1 Å². The minimum atomic E-state index is 0.247. The van der Waals surface area contributed by atoms with Gasteiger partial charge in [0.2, 0.25) is 5.95 Å². The highest BCUT2D eigenvalue weighted by molar-refractivity contribution is 5.87. The van der Waals surface area contributed by atoms with Crippen molar-refractivity contribution in [2.24, 2.45) is 0 Å². The molecule has 0 saturated carbocycles. The fraction of sp³-hybridized carbons (Fsp3) is 0.545. The topological polar surface area (TPSA) is 93.0 Å². The fourth-order valence-electron chi connectivity index (χ4n) is 2.24. The number of H-pyrrole nitrogens is 1. The maximum Gasteiger partial charge on any atom is 0.224 e. The van der Waals surface area contributed by atoms with Gasteiger partial charge in [-0.25, -0.2) is 0 Å². The molecule has 3 rings (SSSR count). The van der Waals surface area contributed by atoms with Crippen LogP contribution in [0, 0.1) is 0 Å². The number of anilines is 2. The number of hydrogen-bond acceptors (Lipinski definition) is 6. The summed E-state index contributed by atoms with van der Waals surface area (Å²) < 4.78 is 5.66. The average Bonchev–Trinajstić information content (AvgIpc) is 2.85. The summed E-state index contributed by atoms with van der Waals surface area (Å²) in [6.07, 6.45) is 2.98. The summed E-state index contributed by atoms with van der Waals surface area (Å²) >= 11 is 0. The van der Waals surface area contributed by atoms with E-state index in [2.05, 4.69) is 32.0 Å². The molecule has 7 nitrogen and oxygen atoms in total. The second kappa shape index (κ2) is 4.41. The molecule has 1 saturated heterocycles. The zero-order chi connectivity index (χ0) is 12.5. The molecule has 1 fully saturated rings.